The highest BCUT2D eigenvalue weighted by Gasteiger charge is 2.20. The summed E-state index contributed by atoms with van der Waals surface area (Å²) in [5.41, 5.74) is 6.18. The Morgan fingerprint density at radius 1 is 1.33 bits per heavy atom. The first-order chi connectivity index (χ1) is 9.64. The highest BCUT2D eigenvalue weighted by Crippen LogP contribution is 2.20. The van der Waals surface area contributed by atoms with Crippen LogP contribution in [0.2, 0.25) is 0 Å². The third-order valence-corrected chi connectivity index (χ3v) is 2.73. The minimum absolute atomic E-state index is 0.0262. The molecular formula is C15H23N3O3. The van der Waals surface area contributed by atoms with Crippen LogP contribution in [-0.2, 0) is 4.79 Å². The van der Waals surface area contributed by atoms with Gasteiger partial charge in [0.1, 0.15) is 5.75 Å². The van der Waals surface area contributed by atoms with Crippen LogP contribution in [0.4, 0.5) is 5.69 Å². The lowest BCUT2D eigenvalue weighted by atomic mass is 10.1. The summed E-state index contributed by atoms with van der Waals surface area (Å²) in [6, 6.07) is 4.83. The molecule has 0 saturated heterocycles. The molecule has 6 heteroatoms. The van der Waals surface area contributed by atoms with Crippen LogP contribution >= 0.6 is 0 Å². The Morgan fingerprint density at radius 3 is 2.43 bits per heavy atom. The van der Waals surface area contributed by atoms with Crippen molar-refractivity contribution in [1.29, 1.82) is 0 Å². The summed E-state index contributed by atoms with van der Waals surface area (Å²) in [5.74, 6) is 0.0572. The molecule has 21 heavy (non-hydrogen) atoms. The Morgan fingerprint density at radius 2 is 1.95 bits per heavy atom. The van der Waals surface area contributed by atoms with Crippen molar-refractivity contribution in [3.05, 3.63) is 23.8 Å². The summed E-state index contributed by atoms with van der Waals surface area (Å²) in [6.45, 7) is 5.62. The number of hydrogen-bond acceptors (Lipinski definition) is 4. The third-order valence-electron chi connectivity index (χ3n) is 2.73. The van der Waals surface area contributed by atoms with Gasteiger partial charge in [-0.1, -0.05) is 0 Å². The monoisotopic (exact) mass is 293 g/mol. The number of hydrogen-bond donors (Lipinski definition) is 2. The first kappa shape index (κ1) is 16.8. The van der Waals surface area contributed by atoms with Crippen LogP contribution in [0.1, 0.15) is 31.1 Å². The number of benzene rings is 1. The number of amides is 2. The van der Waals surface area contributed by atoms with E-state index < -0.39 is 0 Å². The molecule has 6 nitrogen and oxygen atoms in total. The van der Waals surface area contributed by atoms with Gasteiger partial charge in [0.25, 0.3) is 5.91 Å². The third kappa shape index (κ3) is 4.98. The Bertz CT molecular complexity index is 535. The lowest BCUT2D eigenvalue weighted by Crippen LogP contribution is -2.46. The van der Waals surface area contributed by atoms with Crippen LogP contribution in [-0.4, -0.2) is 43.0 Å². The minimum Gasteiger partial charge on any atom is -0.497 e. The van der Waals surface area contributed by atoms with E-state index in [9.17, 15) is 9.59 Å². The fraction of sp³-hybridized carbons (Fsp3) is 0.467. The molecule has 1 rings (SSSR count). The molecule has 0 spiro atoms. The molecule has 1 aromatic carbocycles. The maximum absolute atomic E-state index is 12.3. The number of methoxy groups -OCH3 is 1. The number of ether oxygens (including phenoxy) is 1. The molecule has 0 radical (unpaired) electrons. The summed E-state index contributed by atoms with van der Waals surface area (Å²) < 4.78 is 5.04. The average molecular weight is 293 g/mol. The van der Waals surface area contributed by atoms with Crippen molar-refractivity contribution < 1.29 is 14.3 Å². The van der Waals surface area contributed by atoms with Crippen LogP contribution in [0, 0.1) is 0 Å². The number of rotatable bonds is 4. The lowest BCUT2D eigenvalue weighted by molar-refractivity contribution is -0.122. The smallest absolute Gasteiger partial charge is 0.256 e. The zero-order chi connectivity index (χ0) is 16.2. The van der Waals surface area contributed by atoms with Crippen molar-refractivity contribution in [2.45, 2.75) is 26.3 Å². The zero-order valence-corrected chi connectivity index (χ0v) is 13.2. The van der Waals surface area contributed by atoms with Gasteiger partial charge in [-0.05, 0) is 32.9 Å². The van der Waals surface area contributed by atoms with Gasteiger partial charge in [0.05, 0.1) is 19.2 Å². The number of nitrogen functional groups attached to an aromatic ring is 1. The Kier molecular flexibility index (Phi) is 5.18. The largest absolute Gasteiger partial charge is 0.497 e. The minimum atomic E-state index is -0.333. The van der Waals surface area contributed by atoms with Gasteiger partial charge in [-0.25, -0.2) is 0 Å². The molecule has 0 heterocycles. The summed E-state index contributed by atoms with van der Waals surface area (Å²) >= 11 is 0. The molecule has 0 atom stereocenters. The van der Waals surface area contributed by atoms with E-state index in [1.807, 2.05) is 20.8 Å². The van der Waals surface area contributed by atoms with Crippen LogP contribution < -0.4 is 15.8 Å². The first-order valence-corrected chi connectivity index (χ1v) is 6.64. The molecule has 0 bridgehead atoms. The quantitative estimate of drug-likeness (QED) is 0.819. The number of anilines is 1. The van der Waals surface area contributed by atoms with E-state index in [-0.39, 0.29) is 23.9 Å². The van der Waals surface area contributed by atoms with Gasteiger partial charge < -0.3 is 20.7 Å². The number of nitrogens with two attached hydrogens (primary N) is 1. The summed E-state index contributed by atoms with van der Waals surface area (Å²) in [5, 5.41) is 2.81. The molecule has 0 aliphatic carbocycles. The second-order valence-electron chi connectivity index (χ2n) is 5.91. The van der Waals surface area contributed by atoms with E-state index in [1.165, 1.54) is 12.0 Å². The van der Waals surface area contributed by atoms with Crippen molar-refractivity contribution >= 4 is 17.5 Å². The predicted molar refractivity (Wildman–Crippen MR) is 82.3 cm³/mol. The standard InChI is InChI=1S/C15H23N3O3/c1-15(2,3)17-13(19)9-18(4)14(20)11-7-6-10(21-5)8-12(11)16/h6-8H,9,16H2,1-5H3,(H,17,19). The van der Waals surface area contributed by atoms with E-state index >= 15 is 0 Å². The average Bonchev–Trinajstić information content (AvgIpc) is 2.35. The highest BCUT2D eigenvalue weighted by molar-refractivity contribution is 6.00. The molecule has 0 aromatic heterocycles. The SMILES string of the molecule is COc1ccc(C(=O)N(C)CC(=O)NC(C)(C)C)c(N)c1. The summed E-state index contributed by atoms with van der Waals surface area (Å²) in [6.07, 6.45) is 0. The Hall–Kier alpha value is -2.24. The van der Waals surface area contributed by atoms with Crippen molar-refractivity contribution in [2.24, 2.45) is 0 Å². The first-order valence-electron chi connectivity index (χ1n) is 6.64. The fourth-order valence-corrected chi connectivity index (χ4v) is 1.81. The predicted octanol–water partition coefficient (Wildman–Crippen LogP) is 1.26. The maximum atomic E-state index is 12.3. The maximum Gasteiger partial charge on any atom is 0.256 e. The number of carbonyl (C=O) groups excluding carboxylic acids is 2. The summed E-state index contributed by atoms with van der Waals surface area (Å²) in [7, 11) is 3.09. The molecule has 2 amide bonds. The second kappa shape index (κ2) is 6.47. The molecule has 116 valence electrons. The van der Waals surface area contributed by atoms with Crippen LogP contribution in [0.25, 0.3) is 0 Å². The van der Waals surface area contributed by atoms with Gasteiger partial charge in [0.2, 0.25) is 5.91 Å². The van der Waals surface area contributed by atoms with Gasteiger partial charge >= 0.3 is 0 Å². The second-order valence-corrected chi connectivity index (χ2v) is 5.91. The fourth-order valence-electron chi connectivity index (χ4n) is 1.81. The molecule has 3 N–H and O–H groups in total. The topological polar surface area (TPSA) is 84.7 Å². The van der Waals surface area contributed by atoms with Crippen LogP contribution in [0.3, 0.4) is 0 Å². The Balaban J connectivity index is 2.77. The van der Waals surface area contributed by atoms with Crippen molar-refractivity contribution in [3.63, 3.8) is 0 Å². The van der Waals surface area contributed by atoms with Gasteiger partial charge in [-0.15, -0.1) is 0 Å². The van der Waals surface area contributed by atoms with Gasteiger partial charge in [-0.2, -0.15) is 0 Å². The molecule has 0 unspecified atom stereocenters. The Labute approximate surface area is 125 Å². The molecule has 0 saturated carbocycles. The van der Waals surface area contributed by atoms with Crippen molar-refractivity contribution in [1.82, 2.24) is 10.2 Å². The van der Waals surface area contributed by atoms with E-state index in [0.29, 0.717) is 17.0 Å². The van der Waals surface area contributed by atoms with Gasteiger partial charge in [0.15, 0.2) is 0 Å². The van der Waals surface area contributed by atoms with Crippen molar-refractivity contribution in [3.8, 4) is 5.75 Å². The van der Waals surface area contributed by atoms with Gasteiger partial charge in [0, 0.05) is 24.3 Å². The molecule has 0 fully saturated rings. The van der Waals surface area contributed by atoms with Crippen LogP contribution in [0.15, 0.2) is 18.2 Å². The van der Waals surface area contributed by atoms with E-state index in [0.717, 1.165) is 0 Å². The van der Waals surface area contributed by atoms with Crippen LogP contribution in [0.5, 0.6) is 5.75 Å². The number of likely N-dealkylation sites (N-methyl/N-ethyl adjacent to an activating group) is 1. The lowest BCUT2D eigenvalue weighted by Gasteiger charge is -2.23. The number of carbonyl (C=O) groups is 2. The molecule has 0 aliphatic rings. The number of nitrogens with one attached hydrogen (secondary N) is 1. The van der Waals surface area contributed by atoms with Gasteiger partial charge in [-0.3, -0.25) is 9.59 Å². The molecule has 0 aliphatic heterocycles. The molecule has 1 aromatic rings. The molecular weight excluding hydrogens is 270 g/mol. The highest BCUT2D eigenvalue weighted by atomic mass is 16.5. The van der Waals surface area contributed by atoms with Crippen molar-refractivity contribution in [2.75, 3.05) is 26.4 Å². The van der Waals surface area contributed by atoms with E-state index in [2.05, 4.69) is 5.32 Å². The normalized spacial score (nSPS) is 10.9. The summed E-state index contributed by atoms with van der Waals surface area (Å²) in [4.78, 5) is 25.5. The zero-order valence-electron chi connectivity index (χ0n) is 13.2. The van der Waals surface area contributed by atoms with E-state index in [1.54, 1.807) is 25.2 Å². The van der Waals surface area contributed by atoms with E-state index in [4.69, 9.17) is 10.5 Å². The number of nitrogens with zero attached hydrogens (tertiary/aromatic N) is 1.